The van der Waals surface area contributed by atoms with Crippen molar-refractivity contribution in [3.8, 4) is 5.75 Å². The average molecular weight is 293 g/mol. The average Bonchev–Trinajstić information content (AvgIpc) is 2.87. The summed E-state index contributed by atoms with van der Waals surface area (Å²) in [5.41, 5.74) is 0.494. The summed E-state index contributed by atoms with van der Waals surface area (Å²) in [6.45, 7) is 7.56. The molecule has 1 aliphatic heterocycles. The zero-order valence-corrected chi connectivity index (χ0v) is 13.1. The van der Waals surface area contributed by atoms with Crippen LogP contribution in [0, 0.1) is 5.92 Å². The van der Waals surface area contributed by atoms with E-state index in [0.29, 0.717) is 32.1 Å². The normalized spacial score (nSPS) is 21.9. The highest BCUT2D eigenvalue weighted by atomic mass is 16.5. The number of ether oxygens (including phenoxy) is 2. The van der Waals surface area contributed by atoms with Crippen molar-refractivity contribution in [2.45, 2.75) is 38.8 Å². The predicted octanol–water partition coefficient (Wildman–Crippen LogP) is 2.35. The summed E-state index contributed by atoms with van der Waals surface area (Å²) in [6.07, 6.45) is 1.78. The van der Waals surface area contributed by atoms with E-state index in [1.807, 2.05) is 12.1 Å². The first-order valence-corrected chi connectivity index (χ1v) is 7.80. The molecule has 1 atom stereocenters. The van der Waals surface area contributed by atoms with Gasteiger partial charge in [0.15, 0.2) is 0 Å². The largest absolute Gasteiger partial charge is 0.494 e. The number of rotatable bonds is 8. The molecule has 0 spiro atoms. The summed E-state index contributed by atoms with van der Waals surface area (Å²) in [7, 11) is 0. The fourth-order valence-electron chi connectivity index (χ4n) is 2.29. The van der Waals surface area contributed by atoms with Gasteiger partial charge in [-0.3, -0.25) is 0 Å². The molecule has 2 rings (SSSR count). The first-order valence-electron chi connectivity index (χ1n) is 7.80. The van der Waals surface area contributed by atoms with E-state index in [-0.39, 0.29) is 0 Å². The zero-order chi connectivity index (χ0) is 15.1. The van der Waals surface area contributed by atoms with Crippen LogP contribution in [0.15, 0.2) is 24.3 Å². The molecule has 118 valence electrons. The van der Waals surface area contributed by atoms with Crippen LogP contribution in [0.5, 0.6) is 5.75 Å². The Balaban J connectivity index is 1.69. The van der Waals surface area contributed by atoms with Crippen molar-refractivity contribution >= 4 is 0 Å². The Morgan fingerprint density at radius 2 is 2.10 bits per heavy atom. The van der Waals surface area contributed by atoms with Gasteiger partial charge in [0.1, 0.15) is 11.4 Å². The number of hydrogen-bond acceptors (Lipinski definition) is 4. The van der Waals surface area contributed by atoms with E-state index in [2.05, 4.69) is 31.3 Å². The van der Waals surface area contributed by atoms with Crippen LogP contribution in [0.3, 0.4) is 0 Å². The summed E-state index contributed by atoms with van der Waals surface area (Å²) < 4.78 is 10.9. The molecular weight excluding hydrogens is 266 g/mol. The van der Waals surface area contributed by atoms with Gasteiger partial charge in [-0.25, -0.2) is 0 Å². The lowest BCUT2D eigenvalue weighted by atomic mass is 10.0. The van der Waals surface area contributed by atoms with Crippen molar-refractivity contribution in [3.63, 3.8) is 0 Å². The maximum Gasteiger partial charge on any atom is 0.119 e. The molecule has 0 radical (unpaired) electrons. The van der Waals surface area contributed by atoms with Gasteiger partial charge in [-0.15, -0.1) is 0 Å². The van der Waals surface area contributed by atoms with Gasteiger partial charge in [0.2, 0.25) is 0 Å². The van der Waals surface area contributed by atoms with Crippen LogP contribution in [0.1, 0.15) is 32.3 Å². The second-order valence-corrected chi connectivity index (χ2v) is 6.31. The van der Waals surface area contributed by atoms with Crippen molar-refractivity contribution in [1.82, 2.24) is 5.32 Å². The molecular formula is C17H27NO3. The topological polar surface area (TPSA) is 50.7 Å². The van der Waals surface area contributed by atoms with Crippen molar-refractivity contribution < 1.29 is 14.6 Å². The molecule has 0 aromatic heterocycles. The van der Waals surface area contributed by atoms with Crippen molar-refractivity contribution in [2.75, 3.05) is 26.4 Å². The Hall–Kier alpha value is -1.10. The molecule has 1 saturated heterocycles. The molecule has 0 aliphatic carbocycles. The Kier molecular flexibility index (Phi) is 6.03. The smallest absolute Gasteiger partial charge is 0.119 e. The van der Waals surface area contributed by atoms with E-state index >= 15 is 0 Å². The van der Waals surface area contributed by atoms with Gasteiger partial charge in [-0.05, 0) is 30.0 Å². The lowest BCUT2D eigenvalue weighted by Crippen LogP contribution is -2.40. The summed E-state index contributed by atoms with van der Waals surface area (Å²) in [5, 5.41) is 13.4. The van der Waals surface area contributed by atoms with E-state index in [1.54, 1.807) is 0 Å². The molecule has 1 fully saturated rings. The van der Waals surface area contributed by atoms with Gasteiger partial charge in [0, 0.05) is 26.1 Å². The van der Waals surface area contributed by atoms with Crippen LogP contribution in [0.2, 0.25) is 0 Å². The molecule has 4 heteroatoms. The predicted molar refractivity (Wildman–Crippen MR) is 83.5 cm³/mol. The van der Waals surface area contributed by atoms with Crippen LogP contribution >= 0.6 is 0 Å². The third-order valence-electron chi connectivity index (χ3n) is 3.75. The first-order chi connectivity index (χ1) is 10.1. The molecule has 4 nitrogen and oxygen atoms in total. The Bertz CT molecular complexity index is 411. The molecule has 1 heterocycles. The lowest BCUT2D eigenvalue weighted by molar-refractivity contribution is 0.0268. The van der Waals surface area contributed by atoms with E-state index in [0.717, 1.165) is 25.3 Å². The second kappa shape index (κ2) is 7.78. The van der Waals surface area contributed by atoms with Gasteiger partial charge < -0.3 is 19.9 Å². The Morgan fingerprint density at radius 1 is 1.33 bits per heavy atom. The van der Waals surface area contributed by atoms with Crippen molar-refractivity contribution in [3.05, 3.63) is 29.8 Å². The van der Waals surface area contributed by atoms with E-state index in [1.165, 1.54) is 5.56 Å². The Morgan fingerprint density at radius 3 is 2.71 bits per heavy atom. The van der Waals surface area contributed by atoms with Crippen LogP contribution in [0.25, 0.3) is 0 Å². The monoisotopic (exact) mass is 293 g/mol. The van der Waals surface area contributed by atoms with E-state index < -0.39 is 5.60 Å². The minimum Gasteiger partial charge on any atom is -0.494 e. The minimum absolute atomic E-state index is 0.433. The van der Waals surface area contributed by atoms with E-state index in [9.17, 15) is 5.11 Å². The van der Waals surface area contributed by atoms with Crippen LogP contribution in [-0.4, -0.2) is 37.1 Å². The van der Waals surface area contributed by atoms with Gasteiger partial charge in [0.05, 0.1) is 13.2 Å². The molecule has 0 saturated carbocycles. The highest BCUT2D eigenvalue weighted by Crippen LogP contribution is 2.17. The van der Waals surface area contributed by atoms with E-state index in [4.69, 9.17) is 9.47 Å². The third kappa shape index (κ3) is 5.65. The summed E-state index contributed by atoms with van der Waals surface area (Å²) in [4.78, 5) is 0. The molecule has 1 aromatic carbocycles. The van der Waals surface area contributed by atoms with Crippen LogP contribution in [0.4, 0.5) is 0 Å². The number of benzene rings is 1. The van der Waals surface area contributed by atoms with Crippen LogP contribution < -0.4 is 10.1 Å². The minimum atomic E-state index is -0.695. The molecule has 0 amide bonds. The quantitative estimate of drug-likeness (QED) is 0.772. The highest BCUT2D eigenvalue weighted by molar-refractivity contribution is 5.27. The van der Waals surface area contributed by atoms with Crippen molar-refractivity contribution in [1.29, 1.82) is 0 Å². The fraction of sp³-hybridized carbons (Fsp3) is 0.647. The summed E-state index contributed by atoms with van der Waals surface area (Å²) in [6, 6.07) is 8.13. The molecule has 1 aromatic rings. The van der Waals surface area contributed by atoms with Gasteiger partial charge in [-0.2, -0.15) is 0 Å². The van der Waals surface area contributed by atoms with Gasteiger partial charge in [0.25, 0.3) is 0 Å². The fourth-order valence-corrected chi connectivity index (χ4v) is 2.29. The van der Waals surface area contributed by atoms with Gasteiger partial charge in [-0.1, -0.05) is 26.0 Å². The molecule has 1 aliphatic rings. The molecule has 0 bridgehead atoms. The molecule has 1 unspecified atom stereocenters. The first kappa shape index (κ1) is 16.3. The summed E-state index contributed by atoms with van der Waals surface area (Å²) >= 11 is 0. The maximum atomic E-state index is 10.1. The Labute approximate surface area is 127 Å². The maximum absolute atomic E-state index is 10.1. The number of aliphatic hydroxyl groups is 1. The lowest BCUT2D eigenvalue weighted by Gasteiger charge is -2.20. The van der Waals surface area contributed by atoms with Crippen LogP contribution in [-0.2, 0) is 11.3 Å². The summed E-state index contributed by atoms with van der Waals surface area (Å²) in [5.74, 6) is 1.58. The zero-order valence-electron chi connectivity index (χ0n) is 13.1. The SMILES string of the molecule is CC(C)CCOc1ccc(CNCC2(O)CCOC2)cc1. The standard InChI is InChI=1S/C17H27NO3/c1-14(2)7-9-21-16-5-3-15(4-6-16)11-18-12-17(19)8-10-20-13-17/h3-6,14,18-19H,7-13H2,1-2H3. The second-order valence-electron chi connectivity index (χ2n) is 6.31. The number of nitrogens with one attached hydrogen (secondary N) is 1. The number of hydrogen-bond donors (Lipinski definition) is 2. The third-order valence-corrected chi connectivity index (χ3v) is 3.75. The highest BCUT2D eigenvalue weighted by Gasteiger charge is 2.31. The van der Waals surface area contributed by atoms with Gasteiger partial charge >= 0.3 is 0 Å². The van der Waals surface area contributed by atoms with Crippen molar-refractivity contribution in [2.24, 2.45) is 5.92 Å². The molecule has 2 N–H and O–H groups in total. The molecule has 21 heavy (non-hydrogen) atoms.